The fourth-order valence-corrected chi connectivity index (χ4v) is 0.738. The highest BCUT2D eigenvalue weighted by molar-refractivity contribution is 5.69. The van der Waals surface area contributed by atoms with Gasteiger partial charge >= 0.3 is 11.7 Å². The van der Waals surface area contributed by atoms with Gasteiger partial charge in [-0.3, -0.25) is 0 Å². The van der Waals surface area contributed by atoms with Crippen LogP contribution in [0.3, 0.4) is 0 Å². The molecule has 0 fully saturated rings. The van der Waals surface area contributed by atoms with Crippen LogP contribution in [-0.4, -0.2) is 21.5 Å². The van der Waals surface area contributed by atoms with Gasteiger partial charge in [0.05, 0.1) is 0 Å². The van der Waals surface area contributed by atoms with E-state index in [2.05, 4.69) is 21.4 Å². The van der Waals surface area contributed by atoms with Crippen LogP contribution >= 0.6 is 0 Å². The van der Waals surface area contributed by atoms with E-state index in [4.69, 9.17) is 4.79 Å². The zero-order valence-corrected chi connectivity index (χ0v) is 8.00. The van der Waals surface area contributed by atoms with Crippen LogP contribution in [0, 0.1) is 13.8 Å². The minimum absolute atomic E-state index is 0. The third-order valence-corrected chi connectivity index (χ3v) is 1.01. The summed E-state index contributed by atoms with van der Waals surface area (Å²) in [4.78, 5) is 25.7. The molecule has 14 heavy (non-hydrogen) atoms. The Labute approximate surface area is 80.5 Å². The van der Waals surface area contributed by atoms with Gasteiger partial charge in [-0.15, -0.1) is 0 Å². The Bertz CT molecular complexity index is 320. The van der Waals surface area contributed by atoms with E-state index in [1.165, 1.54) is 0 Å². The van der Waals surface area contributed by atoms with E-state index < -0.39 is 6.03 Å². The van der Waals surface area contributed by atoms with Crippen molar-refractivity contribution in [3.05, 3.63) is 27.9 Å². The van der Waals surface area contributed by atoms with Gasteiger partial charge in [-0.05, 0) is 19.9 Å². The van der Waals surface area contributed by atoms with Gasteiger partial charge in [0, 0.05) is 11.4 Å². The van der Waals surface area contributed by atoms with Crippen LogP contribution in [0.25, 0.3) is 0 Å². The van der Waals surface area contributed by atoms with Crippen LogP contribution in [0.1, 0.15) is 11.4 Å². The molecule has 1 aromatic heterocycles. The molecule has 0 aliphatic carbocycles. The summed E-state index contributed by atoms with van der Waals surface area (Å²) >= 11 is 0. The Morgan fingerprint density at radius 2 is 1.86 bits per heavy atom. The first-order chi connectivity index (χ1) is 5.91. The average molecular weight is 202 g/mol. The van der Waals surface area contributed by atoms with Crippen LogP contribution in [-0.2, 0) is 0 Å². The number of nitrogens with two attached hydrogens (primary N) is 2. The summed E-state index contributed by atoms with van der Waals surface area (Å²) in [5.74, 6) is 0. The van der Waals surface area contributed by atoms with Crippen molar-refractivity contribution in [2.24, 2.45) is 11.5 Å². The van der Waals surface area contributed by atoms with Gasteiger partial charge < -0.3 is 21.9 Å². The molecule has 0 spiro atoms. The Morgan fingerprint density at radius 1 is 1.43 bits per heavy atom. The van der Waals surface area contributed by atoms with Gasteiger partial charge in [-0.1, -0.05) is 0 Å². The highest BCUT2D eigenvalue weighted by Crippen LogP contribution is 1.88. The van der Waals surface area contributed by atoms with E-state index in [0.717, 1.165) is 11.4 Å². The Morgan fingerprint density at radius 3 is 2.14 bits per heavy atom. The lowest BCUT2D eigenvalue weighted by Gasteiger charge is -1.90. The number of hydrogen-bond acceptors (Lipinski definition) is 3. The number of aryl methyl sites for hydroxylation is 2. The summed E-state index contributed by atoms with van der Waals surface area (Å²) in [5.41, 5.74) is 9.84. The molecule has 1 aromatic rings. The predicted octanol–water partition coefficient (Wildman–Crippen LogP) is -1.41. The molecule has 0 aromatic carbocycles. The molecule has 0 atom stereocenters. The molecule has 7 heteroatoms. The molecule has 2 amide bonds. The maximum atomic E-state index is 10.5. The lowest BCUT2D eigenvalue weighted by molar-refractivity contribution is 0.256. The lowest BCUT2D eigenvalue weighted by atomic mass is 10.4. The zero-order valence-electron chi connectivity index (χ0n) is 8.00. The number of nitrogens with zero attached hydrogens (tertiary/aromatic N) is 1. The zero-order chi connectivity index (χ0) is 10.4. The number of amides is 2. The molecular formula is C7H14N4O3. The molecule has 0 aliphatic heterocycles. The Balaban J connectivity index is 0. The molecule has 0 aliphatic rings. The molecule has 7 nitrogen and oxygen atoms in total. The molecule has 0 radical (unpaired) electrons. The molecule has 0 saturated heterocycles. The second-order valence-corrected chi connectivity index (χ2v) is 2.41. The minimum Gasteiger partial charge on any atom is -0.412 e. The number of aromatic nitrogens is 2. The SMILES string of the molecule is Cc1cc(C)[nH]c(=O)n1.NC(N)=O.O. The molecular weight excluding hydrogens is 188 g/mol. The first-order valence-electron chi connectivity index (χ1n) is 3.51. The number of aromatic amines is 1. The highest BCUT2D eigenvalue weighted by atomic mass is 16.2. The average Bonchev–Trinajstić information content (AvgIpc) is 1.80. The second-order valence-electron chi connectivity index (χ2n) is 2.41. The van der Waals surface area contributed by atoms with E-state index >= 15 is 0 Å². The van der Waals surface area contributed by atoms with E-state index in [1.807, 2.05) is 13.0 Å². The number of rotatable bonds is 0. The van der Waals surface area contributed by atoms with E-state index in [9.17, 15) is 4.79 Å². The molecule has 0 unspecified atom stereocenters. The van der Waals surface area contributed by atoms with Gasteiger partial charge in [0.25, 0.3) is 0 Å². The minimum atomic E-state index is -0.833. The number of H-pyrrole nitrogens is 1. The molecule has 0 saturated carbocycles. The largest absolute Gasteiger partial charge is 0.412 e. The topological polar surface area (TPSA) is 146 Å². The molecule has 80 valence electrons. The third-order valence-electron chi connectivity index (χ3n) is 1.01. The molecule has 0 bridgehead atoms. The quantitative estimate of drug-likeness (QED) is 0.474. The molecule has 1 heterocycles. The van der Waals surface area contributed by atoms with Crippen molar-refractivity contribution in [3.8, 4) is 0 Å². The molecule has 1 rings (SSSR count). The van der Waals surface area contributed by atoms with Crippen molar-refractivity contribution < 1.29 is 10.3 Å². The number of carbonyl (C=O) groups is 1. The normalized spacial score (nSPS) is 7.86. The standard InChI is InChI=1S/C6H8N2O.CH4N2O.H2O/c1-4-3-5(2)8-6(9)7-4;2-1(3)4;/h3H,1-2H3,(H,7,8,9);(H4,2,3,4);1H2. The summed E-state index contributed by atoms with van der Waals surface area (Å²) in [7, 11) is 0. The fourth-order valence-electron chi connectivity index (χ4n) is 0.738. The van der Waals surface area contributed by atoms with E-state index in [-0.39, 0.29) is 11.2 Å². The van der Waals surface area contributed by atoms with E-state index in [0.29, 0.717) is 0 Å². The van der Waals surface area contributed by atoms with Gasteiger partial charge in [0.1, 0.15) is 0 Å². The highest BCUT2D eigenvalue weighted by Gasteiger charge is 1.88. The summed E-state index contributed by atoms with van der Waals surface area (Å²) < 4.78 is 0. The van der Waals surface area contributed by atoms with Crippen LogP contribution in [0.15, 0.2) is 10.9 Å². The number of nitrogens with one attached hydrogen (secondary N) is 1. The lowest BCUT2D eigenvalue weighted by Crippen LogP contribution is -2.18. The van der Waals surface area contributed by atoms with Gasteiger partial charge in [0.15, 0.2) is 0 Å². The van der Waals surface area contributed by atoms with Crippen LogP contribution in [0.5, 0.6) is 0 Å². The molecule has 7 N–H and O–H groups in total. The summed E-state index contributed by atoms with van der Waals surface area (Å²) in [6.45, 7) is 3.62. The maximum absolute atomic E-state index is 10.5. The van der Waals surface area contributed by atoms with Gasteiger partial charge in [-0.25, -0.2) is 9.59 Å². The smallest absolute Gasteiger partial charge is 0.345 e. The van der Waals surface area contributed by atoms with Crippen molar-refractivity contribution in [1.82, 2.24) is 9.97 Å². The Hall–Kier alpha value is -1.89. The second kappa shape index (κ2) is 6.61. The first-order valence-corrected chi connectivity index (χ1v) is 3.51. The van der Waals surface area contributed by atoms with Crippen LogP contribution in [0.4, 0.5) is 4.79 Å². The van der Waals surface area contributed by atoms with Crippen molar-refractivity contribution in [2.75, 3.05) is 0 Å². The van der Waals surface area contributed by atoms with Crippen molar-refractivity contribution >= 4 is 6.03 Å². The number of carbonyl (C=O) groups excluding carboxylic acids is 1. The van der Waals surface area contributed by atoms with Gasteiger partial charge in [0.2, 0.25) is 0 Å². The van der Waals surface area contributed by atoms with Crippen LogP contribution < -0.4 is 17.2 Å². The van der Waals surface area contributed by atoms with Crippen molar-refractivity contribution in [1.29, 1.82) is 0 Å². The monoisotopic (exact) mass is 202 g/mol. The third kappa shape index (κ3) is 8.21. The van der Waals surface area contributed by atoms with Gasteiger partial charge in [-0.2, -0.15) is 4.98 Å². The number of hydrogen-bond donors (Lipinski definition) is 3. The Kier molecular flexibility index (Phi) is 6.90. The van der Waals surface area contributed by atoms with E-state index in [1.54, 1.807) is 6.92 Å². The predicted molar refractivity (Wildman–Crippen MR) is 51.7 cm³/mol. The first kappa shape index (κ1) is 14.6. The van der Waals surface area contributed by atoms with Crippen molar-refractivity contribution in [2.45, 2.75) is 13.8 Å². The summed E-state index contributed by atoms with van der Waals surface area (Å²) in [6.07, 6.45) is 0. The van der Waals surface area contributed by atoms with Crippen molar-refractivity contribution in [3.63, 3.8) is 0 Å². The maximum Gasteiger partial charge on any atom is 0.345 e. The van der Waals surface area contributed by atoms with Crippen LogP contribution in [0.2, 0.25) is 0 Å². The fraction of sp³-hybridized carbons (Fsp3) is 0.286. The summed E-state index contributed by atoms with van der Waals surface area (Å²) in [5, 5.41) is 0. The number of urea groups is 1. The number of primary amides is 2. The summed E-state index contributed by atoms with van der Waals surface area (Å²) in [6, 6.07) is 0.988.